The largest absolute Gasteiger partial charge is 0.452 e. The smallest absolute Gasteiger partial charge is 0.236 e. The Balaban J connectivity index is 1.31. The first kappa shape index (κ1) is 24.7. The third kappa shape index (κ3) is 3.31. The maximum absolute atomic E-state index is 6.54. The van der Waals surface area contributed by atoms with E-state index in [1.807, 2.05) is 18.2 Å². The monoisotopic (exact) mass is 577 g/mol. The zero-order valence-corrected chi connectivity index (χ0v) is 24.9. The zero-order valence-electron chi connectivity index (χ0n) is 24.9. The first-order valence-corrected chi connectivity index (χ1v) is 15.4. The van der Waals surface area contributed by atoms with Crippen LogP contribution in [0.3, 0.4) is 0 Å². The Morgan fingerprint density at radius 2 is 1.29 bits per heavy atom. The van der Waals surface area contributed by atoms with Crippen LogP contribution in [0, 0.1) is 0 Å². The predicted molar refractivity (Wildman–Crippen MR) is 184 cm³/mol. The van der Waals surface area contributed by atoms with E-state index < -0.39 is 0 Å². The number of benzene rings is 6. The quantitative estimate of drug-likeness (QED) is 0.205. The summed E-state index contributed by atoms with van der Waals surface area (Å²) in [6.07, 6.45) is 0. The van der Waals surface area contributed by atoms with Crippen molar-refractivity contribution in [2.75, 3.05) is 0 Å². The van der Waals surface area contributed by atoms with Crippen LogP contribution in [0.4, 0.5) is 0 Å². The van der Waals surface area contributed by atoms with Crippen LogP contribution in [-0.2, 0) is 5.41 Å². The molecule has 10 rings (SSSR count). The summed E-state index contributed by atoms with van der Waals surface area (Å²) >= 11 is 0. The lowest BCUT2D eigenvalue weighted by Crippen LogP contribution is -2.14. The average Bonchev–Trinajstić information content (AvgIpc) is 3.69. The van der Waals surface area contributed by atoms with E-state index in [2.05, 4.69) is 128 Å². The molecule has 6 aromatic carbocycles. The van der Waals surface area contributed by atoms with E-state index in [1.54, 1.807) is 0 Å². The molecule has 0 fully saturated rings. The highest BCUT2D eigenvalue weighted by molar-refractivity contribution is 6.14. The summed E-state index contributed by atoms with van der Waals surface area (Å²) < 4.78 is 8.75. The van der Waals surface area contributed by atoms with Gasteiger partial charge >= 0.3 is 0 Å². The van der Waals surface area contributed by atoms with Crippen molar-refractivity contribution in [3.8, 4) is 28.3 Å². The summed E-state index contributed by atoms with van der Waals surface area (Å²) in [5, 5.41) is 5.74. The molecule has 0 amide bonds. The van der Waals surface area contributed by atoms with Crippen LogP contribution >= 0.6 is 0 Å². The van der Waals surface area contributed by atoms with Gasteiger partial charge in [-0.25, -0.2) is 9.97 Å². The van der Waals surface area contributed by atoms with Gasteiger partial charge in [0.25, 0.3) is 0 Å². The Kier molecular flexibility index (Phi) is 4.76. The molecule has 3 heterocycles. The molecule has 0 bridgehead atoms. The number of rotatable bonds is 2. The molecule has 0 atom stereocenters. The van der Waals surface area contributed by atoms with Gasteiger partial charge in [0.15, 0.2) is 5.58 Å². The number of para-hydroxylation sites is 2. The zero-order chi connectivity index (χ0) is 29.9. The molecule has 0 N–H and O–H groups in total. The van der Waals surface area contributed by atoms with Gasteiger partial charge in [-0.1, -0.05) is 105 Å². The molecule has 0 radical (unpaired) electrons. The minimum absolute atomic E-state index is 0.0677. The molecule has 0 saturated heterocycles. The average molecular weight is 578 g/mol. The van der Waals surface area contributed by atoms with E-state index in [1.165, 1.54) is 43.8 Å². The normalized spacial score (nSPS) is 13.7. The Hall–Kier alpha value is -5.74. The second kappa shape index (κ2) is 8.67. The van der Waals surface area contributed by atoms with Gasteiger partial charge in [-0.3, -0.25) is 4.57 Å². The van der Waals surface area contributed by atoms with Crippen LogP contribution in [0.25, 0.3) is 83.0 Å². The summed E-state index contributed by atoms with van der Waals surface area (Å²) in [4.78, 5) is 10.6. The molecule has 45 heavy (non-hydrogen) atoms. The molecule has 0 unspecified atom stereocenters. The van der Waals surface area contributed by atoms with Crippen LogP contribution in [0.1, 0.15) is 25.0 Å². The molecule has 3 aromatic heterocycles. The molecule has 1 aliphatic carbocycles. The van der Waals surface area contributed by atoms with Gasteiger partial charge in [0.05, 0.1) is 11.0 Å². The van der Waals surface area contributed by atoms with E-state index in [-0.39, 0.29) is 5.41 Å². The van der Waals surface area contributed by atoms with Gasteiger partial charge in [0.1, 0.15) is 16.8 Å². The third-order valence-electron chi connectivity index (χ3n) is 9.80. The van der Waals surface area contributed by atoms with Gasteiger partial charge in [-0.2, -0.15) is 0 Å². The molecule has 0 aliphatic heterocycles. The second-order valence-corrected chi connectivity index (χ2v) is 12.6. The van der Waals surface area contributed by atoms with Crippen molar-refractivity contribution in [3.05, 3.63) is 139 Å². The number of aromatic nitrogens is 3. The van der Waals surface area contributed by atoms with E-state index in [4.69, 9.17) is 14.4 Å². The van der Waals surface area contributed by atoms with Crippen molar-refractivity contribution in [1.82, 2.24) is 14.5 Å². The Labute approximate surface area is 259 Å². The summed E-state index contributed by atoms with van der Waals surface area (Å²) in [7, 11) is 0. The summed E-state index contributed by atoms with van der Waals surface area (Å²) in [6, 6.07) is 45.3. The number of hydrogen-bond acceptors (Lipinski definition) is 3. The summed E-state index contributed by atoms with van der Waals surface area (Å²) in [5.74, 6) is 0.631. The van der Waals surface area contributed by atoms with Crippen LogP contribution < -0.4 is 0 Å². The van der Waals surface area contributed by atoms with Crippen molar-refractivity contribution in [2.24, 2.45) is 0 Å². The first-order valence-electron chi connectivity index (χ1n) is 15.4. The minimum Gasteiger partial charge on any atom is -0.452 e. The van der Waals surface area contributed by atoms with Crippen LogP contribution in [0.5, 0.6) is 0 Å². The lowest BCUT2D eigenvalue weighted by atomic mass is 9.82. The fourth-order valence-corrected chi connectivity index (χ4v) is 7.61. The van der Waals surface area contributed by atoms with Crippen LogP contribution in [0.2, 0.25) is 0 Å². The SMILES string of the molecule is CC1(C)c2ccccc2-c2cc(-c3nc(-n4c5ccccc5c5cc6ccccc6cc54)nc4c3oc3ccccc34)ccc21. The molecule has 4 nitrogen and oxygen atoms in total. The van der Waals surface area contributed by atoms with Gasteiger partial charge in [0, 0.05) is 27.1 Å². The fourth-order valence-electron chi connectivity index (χ4n) is 7.61. The number of fused-ring (bicyclic) bond motifs is 10. The molecule has 4 heteroatoms. The highest BCUT2D eigenvalue weighted by atomic mass is 16.3. The van der Waals surface area contributed by atoms with Crippen molar-refractivity contribution >= 4 is 54.6 Å². The predicted octanol–water partition coefficient (Wildman–Crippen LogP) is 10.6. The van der Waals surface area contributed by atoms with Crippen molar-refractivity contribution in [2.45, 2.75) is 19.3 Å². The third-order valence-corrected chi connectivity index (χ3v) is 9.80. The van der Waals surface area contributed by atoms with E-state index in [0.717, 1.165) is 38.8 Å². The standard InChI is InChI=1S/C41H27N3O/c1-41(2)32-16-8-5-13-27(32)30-22-26(19-20-33(30)41)37-39-38(29-15-7-10-18-36(29)45-39)43-40(42-37)44-34-17-9-6-14-28(34)31-21-24-11-3-4-12-25(24)23-35(31)44/h3-23H,1-2H3. The summed E-state index contributed by atoms with van der Waals surface area (Å²) in [6.45, 7) is 4.62. The maximum Gasteiger partial charge on any atom is 0.236 e. The Morgan fingerprint density at radius 3 is 2.18 bits per heavy atom. The lowest BCUT2D eigenvalue weighted by molar-refractivity contribution is 0.660. The fraction of sp³-hybridized carbons (Fsp3) is 0.0732. The number of hydrogen-bond donors (Lipinski definition) is 0. The molecule has 0 saturated carbocycles. The number of nitrogens with zero attached hydrogens (tertiary/aromatic N) is 3. The molecule has 212 valence electrons. The summed E-state index contributed by atoms with van der Waals surface area (Å²) in [5.41, 5.74) is 11.4. The highest BCUT2D eigenvalue weighted by Gasteiger charge is 2.35. The Morgan fingerprint density at radius 1 is 0.578 bits per heavy atom. The van der Waals surface area contributed by atoms with Crippen LogP contribution in [-0.4, -0.2) is 14.5 Å². The molecular formula is C41H27N3O. The molecular weight excluding hydrogens is 550 g/mol. The van der Waals surface area contributed by atoms with Gasteiger partial charge < -0.3 is 4.42 Å². The molecule has 9 aromatic rings. The van der Waals surface area contributed by atoms with Crippen molar-refractivity contribution in [3.63, 3.8) is 0 Å². The van der Waals surface area contributed by atoms with E-state index in [9.17, 15) is 0 Å². The van der Waals surface area contributed by atoms with Crippen LogP contribution in [0.15, 0.2) is 132 Å². The van der Waals surface area contributed by atoms with E-state index >= 15 is 0 Å². The maximum atomic E-state index is 6.54. The first-order chi connectivity index (χ1) is 22.1. The second-order valence-electron chi connectivity index (χ2n) is 12.6. The van der Waals surface area contributed by atoms with Crippen molar-refractivity contribution in [1.29, 1.82) is 0 Å². The number of furan rings is 1. The highest BCUT2D eigenvalue weighted by Crippen LogP contribution is 2.50. The Bertz CT molecular complexity index is 2690. The van der Waals surface area contributed by atoms with Gasteiger partial charge in [-0.05, 0) is 69.4 Å². The molecule has 1 aliphatic rings. The van der Waals surface area contributed by atoms with Gasteiger partial charge in [0.2, 0.25) is 5.95 Å². The van der Waals surface area contributed by atoms with E-state index in [0.29, 0.717) is 11.5 Å². The van der Waals surface area contributed by atoms with Gasteiger partial charge in [-0.15, -0.1) is 0 Å². The minimum atomic E-state index is -0.0677. The molecule has 0 spiro atoms. The van der Waals surface area contributed by atoms with Crippen molar-refractivity contribution < 1.29 is 4.42 Å². The lowest BCUT2D eigenvalue weighted by Gasteiger charge is -2.21. The topological polar surface area (TPSA) is 43.9 Å².